The smallest absolute Gasteiger partial charge is 0.239 e. The van der Waals surface area contributed by atoms with E-state index in [2.05, 4.69) is 36.4 Å². The van der Waals surface area contributed by atoms with E-state index in [4.69, 9.17) is 9.73 Å². The molecule has 0 saturated carbocycles. The fourth-order valence-electron chi connectivity index (χ4n) is 7.47. The Bertz CT molecular complexity index is 1910. The molecule has 41 heavy (non-hydrogen) atoms. The molecular weight excluding hydrogens is 508 g/mol. The lowest BCUT2D eigenvalue weighted by Gasteiger charge is -2.48. The van der Waals surface area contributed by atoms with Gasteiger partial charge in [0, 0.05) is 17.5 Å². The van der Waals surface area contributed by atoms with Crippen molar-refractivity contribution in [1.82, 2.24) is 0 Å². The zero-order valence-electron chi connectivity index (χ0n) is 22.4. The van der Waals surface area contributed by atoms with Crippen LogP contribution in [0, 0.1) is 11.8 Å². The number of fused-ring (bicyclic) bond motifs is 1. The first-order valence-corrected chi connectivity index (χ1v) is 13.9. The molecule has 0 radical (unpaired) electrons. The Hall–Kier alpha value is -5.03. The number of amides is 2. The number of hydrogen-bond donors (Lipinski definition) is 0. The molecule has 4 bridgehead atoms. The Morgan fingerprint density at radius 1 is 0.780 bits per heavy atom. The molecule has 1 aliphatic heterocycles. The highest BCUT2D eigenvalue weighted by Gasteiger charge is 2.65. The third kappa shape index (κ3) is 3.14. The van der Waals surface area contributed by atoms with Crippen LogP contribution in [-0.2, 0) is 15.0 Å². The molecule has 2 amide bonds. The van der Waals surface area contributed by atoms with E-state index in [1.807, 2.05) is 85.1 Å². The molecule has 0 unspecified atom stereocenters. The molecule has 1 fully saturated rings. The van der Waals surface area contributed by atoms with Crippen molar-refractivity contribution < 1.29 is 14.3 Å². The van der Waals surface area contributed by atoms with E-state index >= 15 is 0 Å². The standard InChI is InChI=1S/C36H26N2O3/c1-41-30-16-7-6-14-28(30)37-21-36-24-19-17-23(18-20-24)31(26-12-4-5-13-27(26)36)32-33(36)35(40)38(34(32)39)29-15-8-10-22-9-2-3-11-25(22)29/h2-21,31-33H,1H3/t31-,32+,33-,36+/m0/s1. The maximum Gasteiger partial charge on any atom is 0.239 e. The fourth-order valence-corrected chi connectivity index (χ4v) is 7.47. The highest BCUT2D eigenvalue weighted by molar-refractivity contribution is 6.27. The SMILES string of the molecule is COc1ccccc1N=C[C@@]12c3ccc(cc3)[C@@H](c3ccccc31)[C@H]1C(=O)N(c3cccc4ccccc34)C(=O)[C@H]12. The fraction of sp³-hybridized carbons (Fsp3) is 0.139. The van der Waals surface area contributed by atoms with Crippen molar-refractivity contribution in [1.29, 1.82) is 0 Å². The average molecular weight is 535 g/mol. The number of methoxy groups -OCH3 is 1. The van der Waals surface area contributed by atoms with Gasteiger partial charge in [-0.05, 0) is 45.8 Å². The van der Waals surface area contributed by atoms with Crippen molar-refractivity contribution in [3.8, 4) is 5.75 Å². The monoisotopic (exact) mass is 534 g/mol. The summed E-state index contributed by atoms with van der Waals surface area (Å²) in [4.78, 5) is 35.9. The predicted octanol–water partition coefficient (Wildman–Crippen LogP) is 6.80. The van der Waals surface area contributed by atoms with Crippen molar-refractivity contribution in [2.24, 2.45) is 16.8 Å². The zero-order valence-corrected chi connectivity index (χ0v) is 22.4. The zero-order chi connectivity index (χ0) is 27.7. The van der Waals surface area contributed by atoms with Crippen molar-refractivity contribution in [2.45, 2.75) is 11.3 Å². The number of para-hydroxylation sites is 2. The van der Waals surface area contributed by atoms with E-state index in [1.165, 1.54) is 4.90 Å². The topological polar surface area (TPSA) is 59.0 Å². The minimum Gasteiger partial charge on any atom is -0.494 e. The Morgan fingerprint density at radius 3 is 2.37 bits per heavy atom. The Kier molecular flexibility index (Phi) is 5.08. The predicted molar refractivity (Wildman–Crippen MR) is 160 cm³/mol. The lowest BCUT2D eigenvalue weighted by atomic mass is 9.52. The van der Waals surface area contributed by atoms with Crippen molar-refractivity contribution in [3.05, 3.63) is 138 Å². The van der Waals surface area contributed by atoms with Crippen LogP contribution < -0.4 is 9.64 Å². The number of anilines is 1. The summed E-state index contributed by atoms with van der Waals surface area (Å²) < 4.78 is 5.60. The summed E-state index contributed by atoms with van der Waals surface area (Å²) in [6.45, 7) is 0. The van der Waals surface area contributed by atoms with Crippen LogP contribution in [0.25, 0.3) is 10.8 Å². The van der Waals surface area contributed by atoms with E-state index in [9.17, 15) is 9.59 Å². The molecule has 11 rings (SSSR count). The van der Waals surface area contributed by atoms with Crippen LogP contribution in [0.2, 0.25) is 0 Å². The molecule has 5 aromatic carbocycles. The van der Waals surface area contributed by atoms with Gasteiger partial charge in [0.15, 0.2) is 0 Å². The maximum absolute atomic E-state index is 14.8. The normalized spacial score (nSPS) is 24.0. The number of imide groups is 1. The third-order valence-electron chi connectivity index (χ3n) is 9.19. The van der Waals surface area contributed by atoms with Crippen LogP contribution in [0.5, 0.6) is 5.75 Å². The number of hydrogen-bond acceptors (Lipinski definition) is 4. The minimum atomic E-state index is -0.955. The summed E-state index contributed by atoms with van der Waals surface area (Å²) >= 11 is 0. The van der Waals surface area contributed by atoms with Gasteiger partial charge in [0.1, 0.15) is 11.4 Å². The summed E-state index contributed by atoms with van der Waals surface area (Å²) in [6.07, 6.45) is 1.90. The molecule has 5 aliphatic carbocycles. The molecule has 1 saturated heterocycles. The van der Waals surface area contributed by atoms with Gasteiger partial charge in [-0.25, -0.2) is 4.90 Å². The van der Waals surface area contributed by atoms with Crippen molar-refractivity contribution in [2.75, 3.05) is 12.0 Å². The summed E-state index contributed by atoms with van der Waals surface area (Å²) in [5.41, 5.74) is 4.43. The van der Waals surface area contributed by atoms with Gasteiger partial charge in [0.25, 0.3) is 0 Å². The summed E-state index contributed by atoms with van der Waals surface area (Å²) in [5.74, 6) is -1.17. The van der Waals surface area contributed by atoms with Crippen molar-refractivity contribution in [3.63, 3.8) is 0 Å². The molecule has 0 aromatic heterocycles. The van der Waals surface area contributed by atoms with Crippen LogP contribution in [0.15, 0.2) is 120 Å². The minimum absolute atomic E-state index is 0.159. The van der Waals surface area contributed by atoms with E-state index in [0.717, 1.165) is 33.0 Å². The van der Waals surface area contributed by atoms with Crippen molar-refractivity contribution >= 4 is 40.2 Å². The number of aliphatic imine (C=N–C) groups is 1. The quantitative estimate of drug-likeness (QED) is 0.188. The molecule has 0 spiro atoms. The van der Waals surface area contributed by atoms with Crippen LogP contribution in [-0.4, -0.2) is 25.1 Å². The molecular formula is C36H26N2O3. The second-order valence-corrected chi connectivity index (χ2v) is 11.0. The van der Waals surface area contributed by atoms with E-state index < -0.39 is 17.3 Å². The van der Waals surface area contributed by atoms with Crippen LogP contribution in [0.1, 0.15) is 28.2 Å². The second-order valence-electron chi connectivity index (χ2n) is 11.0. The first kappa shape index (κ1) is 23.8. The van der Waals surface area contributed by atoms with Gasteiger partial charge in [-0.1, -0.05) is 97.1 Å². The summed E-state index contributed by atoms with van der Waals surface area (Å²) in [6, 6.07) is 37.9. The van der Waals surface area contributed by atoms with E-state index in [-0.39, 0.29) is 17.7 Å². The summed E-state index contributed by atoms with van der Waals surface area (Å²) in [5, 5.41) is 1.87. The molecule has 198 valence electrons. The lowest BCUT2D eigenvalue weighted by molar-refractivity contribution is -0.122. The van der Waals surface area contributed by atoms with Crippen LogP contribution >= 0.6 is 0 Å². The molecule has 5 nitrogen and oxygen atoms in total. The number of ether oxygens (including phenoxy) is 1. The van der Waals surface area contributed by atoms with Gasteiger partial charge < -0.3 is 4.74 Å². The highest BCUT2D eigenvalue weighted by atomic mass is 16.5. The van der Waals surface area contributed by atoms with Gasteiger partial charge in [-0.15, -0.1) is 0 Å². The van der Waals surface area contributed by atoms with Gasteiger partial charge in [0.05, 0.1) is 30.0 Å². The van der Waals surface area contributed by atoms with E-state index in [0.29, 0.717) is 17.1 Å². The van der Waals surface area contributed by atoms with Crippen LogP contribution in [0.4, 0.5) is 11.4 Å². The van der Waals surface area contributed by atoms with E-state index in [1.54, 1.807) is 7.11 Å². The molecule has 5 heteroatoms. The third-order valence-corrected chi connectivity index (χ3v) is 9.19. The van der Waals surface area contributed by atoms with Gasteiger partial charge in [-0.2, -0.15) is 0 Å². The van der Waals surface area contributed by atoms with Gasteiger partial charge in [0.2, 0.25) is 11.8 Å². The number of carbonyl (C=O) groups excluding carboxylic acids is 2. The number of benzene rings is 5. The largest absolute Gasteiger partial charge is 0.494 e. The lowest BCUT2D eigenvalue weighted by Crippen LogP contribution is -2.51. The van der Waals surface area contributed by atoms with Gasteiger partial charge >= 0.3 is 0 Å². The Morgan fingerprint density at radius 2 is 1.51 bits per heavy atom. The maximum atomic E-state index is 14.8. The number of rotatable bonds is 4. The van der Waals surface area contributed by atoms with Crippen LogP contribution in [0.3, 0.4) is 0 Å². The molecule has 6 aliphatic rings. The molecule has 1 heterocycles. The first-order valence-electron chi connectivity index (χ1n) is 13.9. The number of carbonyl (C=O) groups is 2. The molecule has 0 N–H and O–H groups in total. The second kappa shape index (κ2) is 8.73. The first-order chi connectivity index (χ1) is 20.1. The Labute approximate surface area is 237 Å². The average Bonchev–Trinajstić information content (AvgIpc) is 3.27. The number of nitrogens with zero attached hydrogens (tertiary/aromatic N) is 2. The Balaban J connectivity index is 1.41. The molecule has 5 aromatic rings. The molecule has 4 atom stereocenters. The summed E-state index contributed by atoms with van der Waals surface area (Å²) in [7, 11) is 1.62. The highest BCUT2D eigenvalue weighted by Crippen LogP contribution is 2.60. The van der Waals surface area contributed by atoms with Gasteiger partial charge in [-0.3, -0.25) is 14.6 Å².